The quantitative estimate of drug-likeness (QED) is 0.825. The van der Waals surface area contributed by atoms with Crippen LogP contribution in [0.5, 0.6) is 0 Å². The number of hydrogen-bond acceptors (Lipinski definition) is 6. The zero-order chi connectivity index (χ0) is 13.8. The number of ether oxygens (including phenoxy) is 1. The van der Waals surface area contributed by atoms with Crippen molar-refractivity contribution in [1.29, 1.82) is 0 Å². The molecule has 0 saturated carbocycles. The Labute approximate surface area is 121 Å². The highest BCUT2D eigenvalue weighted by molar-refractivity contribution is 7.16. The molecule has 4 nitrogen and oxygen atoms in total. The molecule has 1 N–H and O–H groups in total. The molecule has 0 aliphatic carbocycles. The lowest BCUT2D eigenvalue weighted by Crippen LogP contribution is -2.07. The maximum absolute atomic E-state index is 5.02. The number of hydrogen-bond donors (Lipinski definition) is 1. The number of rotatable bonds is 6. The van der Waals surface area contributed by atoms with Gasteiger partial charge in [-0.15, -0.1) is 22.7 Å². The summed E-state index contributed by atoms with van der Waals surface area (Å²) in [4.78, 5) is 10.4. The van der Waals surface area contributed by atoms with Gasteiger partial charge in [0.05, 0.1) is 27.9 Å². The van der Waals surface area contributed by atoms with Crippen molar-refractivity contribution >= 4 is 27.8 Å². The predicted molar refractivity (Wildman–Crippen MR) is 82.4 cm³/mol. The maximum Gasteiger partial charge on any atom is 0.183 e. The van der Waals surface area contributed by atoms with Crippen LogP contribution in [0.4, 0.5) is 5.13 Å². The highest BCUT2D eigenvalue weighted by Crippen LogP contribution is 2.35. The van der Waals surface area contributed by atoms with Gasteiger partial charge in [0.25, 0.3) is 0 Å². The van der Waals surface area contributed by atoms with Crippen LogP contribution in [0.2, 0.25) is 0 Å². The zero-order valence-corrected chi connectivity index (χ0v) is 13.3. The number of methoxy groups -OCH3 is 1. The van der Waals surface area contributed by atoms with Gasteiger partial charge < -0.3 is 10.1 Å². The summed E-state index contributed by atoms with van der Waals surface area (Å²) in [5.74, 6) is 0.423. The minimum absolute atomic E-state index is 0.423. The average Bonchev–Trinajstić information content (AvgIpc) is 2.96. The molecule has 0 aliphatic heterocycles. The Morgan fingerprint density at radius 3 is 2.84 bits per heavy atom. The molecule has 0 bridgehead atoms. The molecule has 0 aliphatic rings. The lowest BCUT2D eigenvalue weighted by atomic mass is 10.1. The van der Waals surface area contributed by atoms with E-state index in [1.165, 1.54) is 4.88 Å². The third kappa shape index (κ3) is 3.52. The first-order chi connectivity index (χ1) is 9.11. The molecule has 0 fully saturated rings. The molecular formula is C13H19N3OS2. The molecule has 2 aromatic heterocycles. The maximum atomic E-state index is 5.02. The lowest BCUT2D eigenvalue weighted by Gasteiger charge is -2.03. The van der Waals surface area contributed by atoms with Crippen LogP contribution < -0.4 is 5.32 Å². The Kier molecular flexibility index (Phi) is 4.90. The van der Waals surface area contributed by atoms with Crippen molar-refractivity contribution in [3.8, 4) is 10.6 Å². The minimum Gasteiger partial charge on any atom is -0.383 e. The first kappa shape index (κ1) is 14.4. The van der Waals surface area contributed by atoms with Crippen LogP contribution in [0.25, 0.3) is 10.6 Å². The monoisotopic (exact) mass is 297 g/mol. The van der Waals surface area contributed by atoms with Crippen LogP contribution in [0, 0.1) is 6.92 Å². The van der Waals surface area contributed by atoms with Crippen molar-refractivity contribution < 1.29 is 4.74 Å². The minimum atomic E-state index is 0.423. The summed E-state index contributed by atoms with van der Waals surface area (Å²) in [6.07, 6.45) is 0. The van der Waals surface area contributed by atoms with Gasteiger partial charge in [-0.1, -0.05) is 13.8 Å². The third-order valence-electron chi connectivity index (χ3n) is 2.63. The smallest absolute Gasteiger partial charge is 0.183 e. The summed E-state index contributed by atoms with van der Waals surface area (Å²) in [5.41, 5.74) is 2.18. The van der Waals surface area contributed by atoms with E-state index in [4.69, 9.17) is 4.74 Å². The van der Waals surface area contributed by atoms with E-state index in [-0.39, 0.29) is 0 Å². The molecule has 0 spiro atoms. The normalized spacial score (nSPS) is 11.2. The van der Waals surface area contributed by atoms with Crippen molar-refractivity contribution in [3.63, 3.8) is 0 Å². The Balaban J connectivity index is 2.18. The fraction of sp³-hybridized carbons (Fsp3) is 0.538. The first-order valence-electron chi connectivity index (χ1n) is 6.28. The number of thiazole rings is 2. The van der Waals surface area contributed by atoms with Crippen molar-refractivity contribution in [3.05, 3.63) is 16.1 Å². The molecule has 0 unspecified atom stereocenters. The summed E-state index contributed by atoms with van der Waals surface area (Å²) in [6, 6.07) is 0. The average molecular weight is 297 g/mol. The van der Waals surface area contributed by atoms with Crippen LogP contribution in [-0.2, 0) is 4.74 Å². The molecule has 2 heterocycles. The number of anilines is 1. The van der Waals surface area contributed by atoms with Crippen LogP contribution >= 0.6 is 22.7 Å². The van der Waals surface area contributed by atoms with Gasteiger partial charge in [0.2, 0.25) is 0 Å². The molecule has 0 atom stereocenters. The van der Waals surface area contributed by atoms with Gasteiger partial charge in [0.15, 0.2) is 5.13 Å². The van der Waals surface area contributed by atoms with Gasteiger partial charge in [-0.25, -0.2) is 9.97 Å². The topological polar surface area (TPSA) is 47.0 Å². The zero-order valence-electron chi connectivity index (χ0n) is 11.7. The van der Waals surface area contributed by atoms with Crippen molar-refractivity contribution in [2.24, 2.45) is 0 Å². The van der Waals surface area contributed by atoms with E-state index >= 15 is 0 Å². The highest BCUT2D eigenvalue weighted by atomic mass is 32.1. The Morgan fingerprint density at radius 1 is 1.37 bits per heavy atom. The Hall–Kier alpha value is -0.980. The number of nitrogens with zero attached hydrogens (tertiary/aromatic N) is 2. The van der Waals surface area contributed by atoms with Crippen LogP contribution in [0.3, 0.4) is 0 Å². The van der Waals surface area contributed by atoms with E-state index in [0.29, 0.717) is 12.5 Å². The van der Waals surface area contributed by atoms with Crippen LogP contribution in [0.15, 0.2) is 5.38 Å². The summed E-state index contributed by atoms with van der Waals surface area (Å²) in [5, 5.41) is 7.38. The van der Waals surface area contributed by atoms with Gasteiger partial charge >= 0.3 is 0 Å². The Morgan fingerprint density at radius 2 is 2.16 bits per heavy atom. The van der Waals surface area contributed by atoms with Gasteiger partial charge in [-0.05, 0) is 12.8 Å². The summed E-state index contributed by atoms with van der Waals surface area (Å²) in [7, 11) is 1.70. The second-order valence-electron chi connectivity index (χ2n) is 4.56. The lowest BCUT2D eigenvalue weighted by molar-refractivity contribution is 0.211. The van der Waals surface area contributed by atoms with E-state index in [0.717, 1.165) is 28.1 Å². The standard InChI is InChI=1S/C13H19N3OS2/c1-8(2)11-12(19-9(3)15-11)10-7-18-13(16-10)14-5-6-17-4/h7-8H,5-6H2,1-4H3,(H,14,16). The molecule has 19 heavy (non-hydrogen) atoms. The SMILES string of the molecule is COCCNc1nc(-c2sc(C)nc2C(C)C)cs1. The van der Waals surface area contributed by atoms with E-state index in [1.54, 1.807) is 29.8 Å². The third-order valence-corrected chi connectivity index (χ3v) is 4.44. The molecule has 2 aromatic rings. The largest absolute Gasteiger partial charge is 0.383 e. The van der Waals surface area contributed by atoms with Gasteiger partial charge in [0.1, 0.15) is 0 Å². The molecule has 0 saturated heterocycles. The molecule has 0 amide bonds. The Bertz CT molecular complexity index is 534. The van der Waals surface area contributed by atoms with Crippen molar-refractivity contribution in [2.45, 2.75) is 26.7 Å². The highest BCUT2D eigenvalue weighted by Gasteiger charge is 2.16. The molecule has 2 rings (SSSR count). The molecule has 0 aromatic carbocycles. The second kappa shape index (κ2) is 6.45. The predicted octanol–water partition coefficient (Wildman–Crippen LogP) is 3.76. The molecule has 6 heteroatoms. The summed E-state index contributed by atoms with van der Waals surface area (Å²) < 4.78 is 5.02. The van der Waals surface area contributed by atoms with Crippen molar-refractivity contribution in [2.75, 3.05) is 25.6 Å². The molecule has 0 radical (unpaired) electrons. The number of nitrogens with one attached hydrogen (secondary N) is 1. The fourth-order valence-electron chi connectivity index (χ4n) is 1.74. The van der Waals surface area contributed by atoms with E-state index < -0.39 is 0 Å². The molecule has 104 valence electrons. The first-order valence-corrected chi connectivity index (χ1v) is 7.97. The fourth-order valence-corrected chi connectivity index (χ4v) is 3.58. The molecular weight excluding hydrogens is 278 g/mol. The van der Waals surface area contributed by atoms with E-state index in [9.17, 15) is 0 Å². The van der Waals surface area contributed by atoms with Crippen molar-refractivity contribution in [1.82, 2.24) is 9.97 Å². The number of aromatic nitrogens is 2. The number of aryl methyl sites for hydroxylation is 1. The second-order valence-corrected chi connectivity index (χ2v) is 6.62. The van der Waals surface area contributed by atoms with Crippen LogP contribution in [0.1, 0.15) is 30.5 Å². The van der Waals surface area contributed by atoms with Gasteiger partial charge in [-0.2, -0.15) is 0 Å². The van der Waals surface area contributed by atoms with Gasteiger partial charge in [0, 0.05) is 19.0 Å². The van der Waals surface area contributed by atoms with E-state index in [1.807, 2.05) is 6.92 Å². The summed E-state index contributed by atoms with van der Waals surface area (Å²) in [6.45, 7) is 7.85. The van der Waals surface area contributed by atoms with E-state index in [2.05, 4.69) is 34.5 Å². The summed E-state index contributed by atoms with van der Waals surface area (Å²) >= 11 is 3.34. The van der Waals surface area contributed by atoms with Gasteiger partial charge in [-0.3, -0.25) is 0 Å². The van der Waals surface area contributed by atoms with Crippen LogP contribution in [-0.4, -0.2) is 30.2 Å².